The maximum atomic E-state index is 13.2. The molecule has 29 heavy (non-hydrogen) atoms. The van der Waals surface area contributed by atoms with E-state index in [1.54, 1.807) is 0 Å². The monoisotopic (exact) mass is 452 g/mol. The number of rotatable bonds is 8. The summed E-state index contributed by atoms with van der Waals surface area (Å²) in [5, 5.41) is 5.03. The Hall–Kier alpha value is -2.26. The second-order valence-electron chi connectivity index (χ2n) is 6.21. The Morgan fingerprint density at radius 1 is 1.07 bits per heavy atom. The molecule has 152 valence electrons. The molecule has 2 aromatic carbocycles. The molecule has 0 atom stereocenters. The summed E-state index contributed by atoms with van der Waals surface area (Å²) in [4.78, 5) is 13.4. The second-order valence-corrected chi connectivity index (χ2v) is 9.62. The highest BCUT2D eigenvalue weighted by Gasteiger charge is 2.27. The number of carbonyl (C=O) groups is 1. The quantitative estimate of drug-likeness (QED) is 0.560. The summed E-state index contributed by atoms with van der Waals surface area (Å²) >= 11 is 7.35. The number of benzene rings is 2. The maximum absolute atomic E-state index is 13.2. The van der Waals surface area contributed by atoms with Gasteiger partial charge < -0.3 is 5.32 Å². The largest absolute Gasteiger partial charge is 0.350 e. The lowest BCUT2D eigenvalue weighted by Crippen LogP contribution is -2.40. The highest BCUT2D eigenvalue weighted by molar-refractivity contribution is 7.89. The molecule has 0 aliphatic carbocycles. The van der Waals surface area contributed by atoms with Crippen molar-refractivity contribution < 1.29 is 17.6 Å². The van der Waals surface area contributed by atoms with Gasteiger partial charge in [-0.25, -0.2) is 12.8 Å². The van der Waals surface area contributed by atoms with Crippen LogP contribution in [0.4, 0.5) is 4.39 Å². The first kappa shape index (κ1) is 21.4. The summed E-state index contributed by atoms with van der Waals surface area (Å²) in [7, 11) is -3.97. The van der Waals surface area contributed by atoms with E-state index in [1.807, 2.05) is 17.5 Å². The van der Waals surface area contributed by atoms with Crippen LogP contribution in [0.25, 0.3) is 0 Å². The molecule has 1 N–H and O–H groups in total. The van der Waals surface area contributed by atoms with E-state index in [0.29, 0.717) is 17.1 Å². The van der Waals surface area contributed by atoms with Crippen LogP contribution < -0.4 is 5.32 Å². The van der Waals surface area contributed by atoms with Crippen LogP contribution in [-0.2, 0) is 27.9 Å². The summed E-state index contributed by atoms with van der Waals surface area (Å²) in [5.41, 5.74) is 0.565. The van der Waals surface area contributed by atoms with E-state index < -0.39 is 21.7 Å². The molecule has 0 spiro atoms. The van der Waals surface area contributed by atoms with Gasteiger partial charge in [0.2, 0.25) is 15.9 Å². The number of halogens is 2. The smallest absolute Gasteiger partial charge is 0.243 e. The SMILES string of the molecule is O=C(CN(Cc1ccc(F)cc1)S(=O)(=O)c1ccc(Cl)cc1)NCc1cccs1. The summed E-state index contributed by atoms with van der Waals surface area (Å²) in [6.07, 6.45) is 0. The van der Waals surface area contributed by atoms with Crippen molar-refractivity contribution in [3.8, 4) is 0 Å². The molecule has 0 aliphatic rings. The van der Waals surface area contributed by atoms with Gasteiger partial charge in [-0.1, -0.05) is 29.8 Å². The van der Waals surface area contributed by atoms with Crippen LogP contribution in [0.2, 0.25) is 5.02 Å². The minimum absolute atomic E-state index is 0.0232. The zero-order valence-electron chi connectivity index (χ0n) is 15.2. The molecule has 1 heterocycles. The Kier molecular flexibility index (Phi) is 7.02. The van der Waals surface area contributed by atoms with Gasteiger partial charge in [0.25, 0.3) is 0 Å². The van der Waals surface area contributed by atoms with Gasteiger partial charge in [-0.2, -0.15) is 4.31 Å². The minimum Gasteiger partial charge on any atom is -0.350 e. The molecule has 9 heteroatoms. The second kappa shape index (κ2) is 9.49. The first-order valence-electron chi connectivity index (χ1n) is 8.64. The molecule has 1 aromatic heterocycles. The third kappa shape index (κ3) is 5.86. The van der Waals surface area contributed by atoms with Gasteiger partial charge in [0.15, 0.2) is 0 Å². The van der Waals surface area contributed by atoms with E-state index >= 15 is 0 Å². The number of amides is 1. The zero-order chi connectivity index (χ0) is 20.9. The molecule has 0 fully saturated rings. The molecule has 3 aromatic rings. The Balaban J connectivity index is 1.81. The van der Waals surface area contributed by atoms with Gasteiger partial charge in [0, 0.05) is 16.4 Å². The van der Waals surface area contributed by atoms with E-state index in [-0.39, 0.29) is 18.0 Å². The lowest BCUT2D eigenvalue weighted by atomic mass is 10.2. The van der Waals surface area contributed by atoms with Crippen LogP contribution in [0.3, 0.4) is 0 Å². The van der Waals surface area contributed by atoms with Crippen molar-refractivity contribution in [3.05, 3.63) is 87.3 Å². The summed E-state index contributed by atoms with van der Waals surface area (Å²) < 4.78 is 40.5. The summed E-state index contributed by atoms with van der Waals surface area (Å²) in [6, 6.07) is 15.0. The Morgan fingerprint density at radius 3 is 2.38 bits per heavy atom. The van der Waals surface area contributed by atoms with Crippen molar-refractivity contribution in [1.82, 2.24) is 9.62 Å². The lowest BCUT2D eigenvalue weighted by Gasteiger charge is -2.22. The Bertz CT molecular complexity index is 1050. The highest BCUT2D eigenvalue weighted by Crippen LogP contribution is 2.20. The van der Waals surface area contributed by atoms with Crippen molar-refractivity contribution in [2.24, 2.45) is 0 Å². The van der Waals surface area contributed by atoms with E-state index in [1.165, 1.54) is 59.9 Å². The van der Waals surface area contributed by atoms with Gasteiger partial charge in [0.05, 0.1) is 18.0 Å². The molecule has 0 saturated carbocycles. The number of nitrogens with zero attached hydrogens (tertiary/aromatic N) is 1. The van der Waals surface area contributed by atoms with Gasteiger partial charge in [0.1, 0.15) is 5.82 Å². The van der Waals surface area contributed by atoms with Crippen LogP contribution in [-0.4, -0.2) is 25.2 Å². The predicted octanol–water partition coefficient (Wildman–Crippen LogP) is 4.05. The Labute approximate surface area is 177 Å². The molecule has 1 amide bonds. The van der Waals surface area contributed by atoms with Crippen molar-refractivity contribution in [1.29, 1.82) is 0 Å². The van der Waals surface area contributed by atoms with Gasteiger partial charge in [-0.3, -0.25) is 4.79 Å². The number of carbonyl (C=O) groups excluding carboxylic acids is 1. The molecule has 3 rings (SSSR count). The van der Waals surface area contributed by atoms with Crippen LogP contribution in [0.15, 0.2) is 70.9 Å². The minimum atomic E-state index is -3.97. The number of sulfonamides is 1. The van der Waals surface area contributed by atoms with E-state index in [4.69, 9.17) is 11.6 Å². The average Bonchev–Trinajstić information content (AvgIpc) is 3.21. The first-order valence-corrected chi connectivity index (χ1v) is 11.3. The topological polar surface area (TPSA) is 66.5 Å². The third-order valence-corrected chi connectivity index (χ3v) is 7.02. The molecule has 0 saturated heterocycles. The van der Waals surface area contributed by atoms with Gasteiger partial charge in [-0.05, 0) is 53.4 Å². The van der Waals surface area contributed by atoms with Crippen LogP contribution in [0.5, 0.6) is 0 Å². The van der Waals surface area contributed by atoms with Crippen molar-refractivity contribution in [2.45, 2.75) is 18.0 Å². The number of hydrogen-bond donors (Lipinski definition) is 1. The van der Waals surface area contributed by atoms with Gasteiger partial charge in [-0.15, -0.1) is 11.3 Å². The molecule has 0 radical (unpaired) electrons. The van der Waals surface area contributed by atoms with E-state index in [0.717, 1.165) is 9.18 Å². The predicted molar refractivity (Wildman–Crippen MR) is 112 cm³/mol. The van der Waals surface area contributed by atoms with Gasteiger partial charge >= 0.3 is 0 Å². The summed E-state index contributed by atoms with van der Waals surface area (Å²) in [6.45, 7) is -0.118. The zero-order valence-corrected chi connectivity index (χ0v) is 17.6. The third-order valence-electron chi connectivity index (χ3n) is 4.08. The number of hydrogen-bond acceptors (Lipinski definition) is 4. The molecule has 0 bridgehead atoms. The first-order chi connectivity index (χ1) is 13.8. The van der Waals surface area contributed by atoms with Crippen molar-refractivity contribution in [2.75, 3.05) is 6.54 Å². The fourth-order valence-electron chi connectivity index (χ4n) is 2.59. The van der Waals surface area contributed by atoms with Crippen LogP contribution in [0.1, 0.15) is 10.4 Å². The molecule has 5 nitrogen and oxygen atoms in total. The average molecular weight is 453 g/mol. The molecular weight excluding hydrogens is 435 g/mol. The van der Waals surface area contributed by atoms with E-state index in [9.17, 15) is 17.6 Å². The number of nitrogens with one attached hydrogen (secondary N) is 1. The van der Waals surface area contributed by atoms with Crippen LogP contribution in [0, 0.1) is 5.82 Å². The number of thiophene rings is 1. The van der Waals surface area contributed by atoms with Crippen LogP contribution >= 0.6 is 22.9 Å². The lowest BCUT2D eigenvalue weighted by molar-refractivity contribution is -0.121. The normalized spacial score (nSPS) is 11.6. The highest BCUT2D eigenvalue weighted by atomic mass is 35.5. The van der Waals surface area contributed by atoms with Crippen molar-refractivity contribution >= 4 is 38.9 Å². The fraction of sp³-hybridized carbons (Fsp3) is 0.150. The van der Waals surface area contributed by atoms with E-state index in [2.05, 4.69) is 5.32 Å². The summed E-state index contributed by atoms with van der Waals surface area (Å²) in [5.74, 6) is -0.854. The van der Waals surface area contributed by atoms with Crippen molar-refractivity contribution in [3.63, 3.8) is 0 Å². The molecule has 0 unspecified atom stereocenters. The fourth-order valence-corrected chi connectivity index (χ4v) is 4.74. The maximum Gasteiger partial charge on any atom is 0.243 e. The Morgan fingerprint density at radius 2 is 1.76 bits per heavy atom. The molecule has 0 aliphatic heterocycles. The standard InChI is InChI=1S/C20H18ClFN2O3S2/c21-16-5-9-19(10-6-16)29(26,27)24(13-15-3-7-17(22)8-4-15)14-20(25)23-12-18-2-1-11-28-18/h1-11H,12-14H2,(H,23,25). The molecular formula is C20H18ClFN2O3S2.